The SMILES string of the molecule is CCc1nn(C)cc1-c1cncc(C=O)c1. The maximum absolute atomic E-state index is 10.7. The molecule has 0 aliphatic rings. The van der Waals surface area contributed by atoms with Gasteiger partial charge in [-0.1, -0.05) is 6.92 Å². The van der Waals surface area contributed by atoms with E-state index < -0.39 is 0 Å². The number of aromatic nitrogens is 3. The van der Waals surface area contributed by atoms with Gasteiger partial charge in [-0.05, 0) is 12.5 Å². The van der Waals surface area contributed by atoms with Crippen LogP contribution in [0, 0.1) is 0 Å². The van der Waals surface area contributed by atoms with Crippen LogP contribution < -0.4 is 0 Å². The predicted octanol–water partition coefficient (Wildman–Crippen LogP) is 1.86. The van der Waals surface area contributed by atoms with Crippen molar-refractivity contribution in [3.05, 3.63) is 35.9 Å². The number of carbonyl (C=O) groups excluding carboxylic acids is 1. The summed E-state index contributed by atoms with van der Waals surface area (Å²) in [5, 5.41) is 4.36. The second kappa shape index (κ2) is 4.26. The van der Waals surface area contributed by atoms with E-state index in [0.29, 0.717) is 5.56 Å². The molecule has 2 aromatic rings. The number of hydrogen-bond donors (Lipinski definition) is 0. The van der Waals surface area contributed by atoms with Crippen molar-refractivity contribution in [1.29, 1.82) is 0 Å². The molecule has 0 unspecified atom stereocenters. The molecule has 0 aliphatic heterocycles. The molecule has 0 spiro atoms. The molecule has 2 rings (SSSR count). The van der Waals surface area contributed by atoms with Gasteiger partial charge >= 0.3 is 0 Å². The molecule has 0 N–H and O–H groups in total. The normalized spacial score (nSPS) is 10.4. The molecule has 82 valence electrons. The quantitative estimate of drug-likeness (QED) is 0.734. The van der Waals surface area contributed by atoms with Crippen LogP contribution in [0.25, 0.3) is 11.1 Å². The summed E-state index contributed by atoms with van der Waals surface area (Å²) >= 11 is 0. The van der Waals surface area contributed by atoms with E-state index in [-0.39, 0.29) is 0 Å². The van der Waals surface area contributed by atoms with Crippen molar-refractivity contribution in [2.45, 2.75) is 13.3 Å². The Bertz CT molecular complexity index is 517. The Hall–Kier alpha value is -1.97. The molecule has 0 saturated heterocycles. The highest BCUT2D eigenvalue weighted by Crippen LogP contribution is 2.22. The third kappa shape index (κ3) is 1.86. The molecule has 4 nitrogen and oxygen atoms in total. The van der Waals surface area contributed by atoms with Crippen molar-refractivity contribution in [2.24, 2.45) is 7.05 Å². The van der Waals surface area contributed by atoms with Crippen molar-refractivity contribution < 1.29 is 4.79 Å². The molecular formula is C12H13N3O. The first-order chi connectivity index (χ1) is 7.74. The Kier molecular flexibility index (Phi) is 2.81. The lowest BCUT2D eigenvalue weighted by atomic mass is 10.1. The summed E-state index contributed by atoms with van der Waals surface area (Å²) in [6.07, 6.45) is 6.92. The summed E-state index contributed by atoms with van der Waals surface area (Å²) in [5.74, 6) is 0. The second-order valence-corrected chi connectivity index (χ2v) is 3.64. The monoisotopic (exact) mass is 215 g/mol. The van der Waals surface area contributed by atoms with Gasteiger partial charge in [0, 0.05) is 42.3 Å². The Labute approximate surface area is 93.9 Å². The Morgan fingerprint density at radius 2 is 2.25 bits per heavy atom. The number of hydrogen-bond acceptors (Lipinski definition) is 3. The van der Waals surface area contributed by atoms with E-state index >= 15 is 0 Å². The zero-order chi connectivity index (χ0) is 11.5. The van der Waals surface area contributed by atoms with E-state index in [2.05, 4.69) is 17.0 Å². The van der Waals surface area contributed by atoms with Gasteiger partial charge in [0.2, 0.25) is 0 Å². The smallest absolute Gasteiger partial charge is 0.151 e. The highest BCUT2D eigenvalue weighted by Gasteiger charge is 2.08. The van der Waals surface area contributed by atoms with Crippen molar-refractivity contribution in [1.82, 2.24) is 14.8 Å². The van der Waals surface area contributed by atoms with E-state index in [1.54, 1.807) is 17.1 Å². The molecule has 4 heteroatoms. The first kappa shape index (κ1) is 10.5. The number of rotatable bonds is 3. The van der Waals surface area contributed by atoms with Gasteiger partial charge in [0.25, 0.3) is 0 Å². The van der Waals surface area contributed by atoms with Crippen molar-refractivity contribution in [3.8, 4) is 11.1 Å². The van der Waals surface area contributed by atoms with Crippen LogP contribution in [0.15, 0.2) is 24.7 Å². The predicted molar refractivity (Wildman–Crippen MR) is 61.2 cm³/mol. The summed E-state index contributed by atoms with van der Waals surface area (Å²) in [6, 6.07) is 1.83. The van der Waals surface area contributed by atoms with E-state index in [4.69, 9.17) is 0 Å². The van der Waals surface area contributed by atoms with Gasteiger partial charge < -0.3 is 0 Å². The molecule has 0 saturated carbocycles. The lowest BCUT2D eigenvalue weighted by molar-refractivity contribution is 0.112. The van der Waals surface area contributed by atoms with Gasteiger partial charge in [-0.2, -0.15) is 5.10 Å². The standard InChI is InChI=1S/C12H13N3O/c1-3-12-11(7-15(2)14-12)10-4-9(8-16)5-13-6-10/h4-8H,3H2,1-2H3. The number of nitrogens with zero attached hydrogens (tertiary/aromatic N) is 3. The third-order valence-corrected chi connectivity index (χ3v) is 2.45. The number of aldehydes is 1. The average Bonchev–Trinajstić information content (AvgIpc) is 2.70. The highest BCUT2D eigenvalue weighted by molar-refractivity contribution is 5.78. The maximum atomic E-state index is 10.7. The molecule has 16 heavy (non-hydrogen) atoms. The lowest BCUT2D eigenvalue weighted by Gasteiger charge is -2.00. The van der Waals surface area contributed by atoms with Crippen LogP contribution in [0.3, 0.4) is 0 Å². The molecule has 0 aliphatic carbocycles. The van der Waals surface area contributed by atoms with Crippen LogP contribution in [-0.4, -0.2) is 21.1 Å². The Balaban J connectivity index is 2.52. The number of aryl methyl sites for hydroxylation is 2. The Morgan fingerprint density at radius 1 is 1.44 bits per heavy atom. The van der Waals surface area contributed by atoms with Crippen LogP contribution in [0.2, 0.25) is 0 Å². The van der Waals surface area contributed by atoms with Gasteiger partial charge in [0.1, 0.15) is 0 Å². The molecular weight excluding hydrogens is 202 g/mol. The van der Waals surface area contributed by atoms with Crippen LogP contribution in [0.4, 0.5) is 0 Å². The zero-order valence-electron chi connectivity index (χ0n) is 9.34. The van der Waals surface area contributed by atoms with Gasteiger partial charge in [-0.15, -0.1) is 0 Å². The summed E-state index contributed by atoms with van der Waals surface area (Å²) in [6.45, 7) is 2.06. The average molecular weight is 215 g/mol. The lowest BCUT2D eigenvalue weighted by Crippen LogP contribution is -1.89. The van der Waals surface area contributed by atoms with Gasteiger partial charge in [0.05, 0.1) is 5.69 Å². The second-order valence-electron chi connectivity index (χ2n) is 3.64. The zero-order valence-corrected chi connectivity index (χ0v) is 9.34. The summed E-state index contributed by atoms with van der Waals surface area (Å²) in [4.78, 5) is 14.7. The minimum absolute atomic E-state index is 0.586. The van der Waals surface area contributed by atoms with Crippen LogP contribution in [0.1, 0.15) is 23.0 Å². The third-order valence-electron chi connectivity index (χ3n) is 2.45. The number of pyridine rings is 1. The maximum Gasteiger partial charge on any atom is 0.151 e. The summed E-state index contributed by atoms with van der Waals surface area (Å²) < 4.78 is 1.78. The summed E-state index contributed by atoms with van der Waals surface area (Å²) in [7, 11) is 1.89. The van der Waals surface area contributed by atoms with Crippen molar-refractivity contribution >= 4 is 6.29 Å². The molecule has 0 bridgehead atoms. The number of carbonyl (C=O) groups is 1. The topological polar surface area (TPSA) is 47.8 Å². The molecule has 0 amide bonds. The van der Waals surface area contributed by atoms with E-state index in [9.17, 15) is 4.79 Å². The van der Waals surface area contributed by atoms with E-state index in [1.807, 2.05) is 19.3 Å². The largest absolute Gasteiger partial charge is 0.298 e. The van der Waals surface area contributed by atoms with Crippen LogP contribution >= 0.6 is 0 Å². The first-order valence-corrected chi connectivity index (χ1v) is 5.17. The van der Waals surface area contributed by atoms with Crippen LogP contribution in [-0.2, 0) is 13.5 Å². The van der Waals surface area contributed by atoms with Crippen molar-refractivity contribution in [3.63, 3.8) is 0 Å². The Morgan fingerprint density at radius 3 is 2.94 bits per heavy atom. The molecule has 2 aromatic heterocycles. The fourth-order valence-electron chi connectivity index (χ4n) is 1.71. The highest BCUT2D eigenvalue weighted by atomic mass is 16.1. The van der Waals surface area contributed by atoms with Crippen LogP contribution in [0.5, 0.6) is 0 Å². The minimum atomic E-state index is 0.586. The van der Waals surface area contributed by atoms with E-state index in [1.165, 1.54) is 0 Å². The molecule has 0 aromatic carbocycles. The molecule has 0 fully saturated rings. The van der Waals surface area contributed by atoms with Gasteiger partial charge in [0.15, 0.2) is 6.29 Å². The van der Waals surface area contributed by atoms with Gasteiger partial charge in [-0.25, -0.2) is 0 Å². The summed E-state index contributed by atoms with van der Waals surface area (Å²) in [5.41, 5.74) is 3.59. The minimum Gasteiger partial charge on any atom is -0.298 e. The fourth-order valence-corrected chi connectivity index (χ4v) is 1.71. The first-order valence-electron chi connectivity index (χ1n) is 5.17. The molecule has 0 atom stereocenters. The van der Waals surface area contributed by atoms with Gasteiger partial charge in [-0.3, -0.25) is 14.5 Å². The molecule has 2 heterocycles. The fraction of sp³-hybridized carbons (Fsp3) is 0.250. The van der Waals surface area contributed by atoms with E-state index in [0.717, 1.165) is 29.5 Å². The van der Waals surface area contributed by atoms with Crippen molar-refractivity contribution in [2.75, 3.05) is 0 Å². The molecule has 0 radical (unpaired) electrons.